The molecule has 1 heterocycles. The first-order valence-corrected chi connectivity index (χ1v) is 5.40. The van der Waals surface area contributed by atoms with Gasteiger partial charge in [-0.05, 0) is 32.4 Å². The van der Waals surface area contributed by atoms with E-state index in [9.17, 15) is 4.79 Å². The minimum atomic E-state index is -0.766. The number of carbonyl (C=O) groups is 1. The van der Waals surface area contributed by atoms with E-state index in [-0.39, 0.29) is 6.54 Å². The minimum absolute atomic E-state index is 0.0879. The number of piperidine rings is 1. The molecule has 4 nitrogen and oxygen atoms in total. The van der Waals surface area contributed by atoms with Gasteiger partial charge in [0.1, 0.15) is 0 Å². The second kappa shape index (κ2) is 5.98. The van der Waals surface area contributed by atoms with E-state index in [1.54, 1.807) is 0 Å². The Labute approximate surface area is 85.3 Å². The highest BCUT2D eigenvalue weighted by atomic mass is 16.4. The van der Waals surface area contributed by atoms with E-state index in [0.29, 0.717) is 6.04 Å². The summed E-state index contributed by atoms with van der Waals surface area (Å²) in [7, 11) is 0. The molecule has 0 aromatic heterocycles. The molecule has 0 radical (unpaired) electrons. The van der Waals surface area contributed by atoms with E-state index in [0.717, 1.165) is 19.5 Å². The number of aliphatic carboxylic acids is 1. The molecule has 14 heavy (non-hydrogen) atoms. The third-order valence-electron chi connectivity index (χ3n) is 2.59. The van der Waals surface area contributed by atoms with Crippen LogP contribution in [0.4, 0.5) is 0 Å². The third-order valence-corrected chi connectivity index (χ3v) is 2.59. The topological polar surface area (TPSA) is 52.6 Å². The van der Waals surface area contributed by atoms with Crippen LogP contribution in [0.5, 0.6) is 0 Å². The van der Waals surface area contributed by atoms with Crippen LogP contribution < -0.4 is 5.32 Å². The van der Waals surface area contributed by atoms with Gasteiger partial charge in [0, 0.05) is 12.6 Å². The van der Waals surface area contributed by atoms with Gasteiger partial charge >= 0.3 is 5.97 Å². The first-order chi connectivity index (χ1) is 6.72. The molecule has 0 amide bonds. The van der Waals surface area contributed by atoms with Gasteiger partial charge in [-0.15, -0.1) is 0 Å². The third kappa shape index (κ3) is 4.07. The van der Waals surface area contributed by atoms with Gasteiger partial charge in [0.05, 0.1) is 6.54 Å². The Bertz CT molecular complexity index is 183. The standard InChI is InChI=1S/C10H20N2O2/c1-2-5-12-6-3-4-9(8-12)11-7-10(13)14/h9,11H,2-8H2,1H3,(H,13,14). The van der Waals surface area contributed by atoms with Gasteiger partial charge < -0.3 is 15.3 Å². The number of likely N-dealkylation sites (tertiary alicyclic amines) is 1. The summed E-state index contributed by atoms with van der Waals surface area (Å²) in [4.78, 5) is 12.8. The van der Waals surface area contributed by atoms with E-state index < -0.39 is 5.97 Å². The summed E-state index contributed by atoms with van der Waals surface area (Å²) in [6.07, 6.45) is 3.45. The predicted molar refractivity (Wildman–Crippen MR) is 55.4 cm³/mol. The molecule has 0 spiro atoms. The van der Waals surface area contributed by atoms with Crippen LogP contribution in [0.25, 0.3) is 0 Å². The maximum atomic E-state index is 10.4. The molecule has 2 N–H and O–H groups in total. The highest BCUT2D eigenvalue weighted by Crippen LogP contribution is 2.09. The Balaban J connectivity index is 2.21. The fraction of sp³-hybridized carbons (Fsp3) is 0.900. The molecule has 0 saturated carbocycles. The Kier molecular flexibility index (Phi) is 4.90. The minimum Gasteiger partial charge on any atom is -0.480 e. The van der Waals surface area contributed by atoms with Crippen molar-refractivity contribution in [2.24, 2.45) is 0 Å². The van der Waals surface area contributed by atoms with Crippen molar-refractivity contribution in [2.45, 2.75) is 32.2 Å². The molecule has 1 saturated heterocycles. The molecule has 1 rings (SSSR count). The molecule has 1 fully saturated rings. The largest absolute Gasteiger partial charge is 0.480 e. The molecule has 4 heteroatoms. The molecular weight excluding hydrogens is 180 g/mol. The zero-order valence-electron chi connectivity index (χ0n) is 8.83. The number of hydrogen-bond acceptors (Lipinski definition) is 3. The maximum absolute atomic E-state index is 10.4. The van der Waals surface area contributed by atoms with Crippen LogP contribution >= 0.6 is 0 Å². The van der Waals surface area contributed by atoms with Gasteiger partial charge in [-0.25, -0.2) is 0 Å². The van der Waals surface area contributed by atoms with E-state index in [4.69, 9.17) is 5.11 Å². The van der Waals surface area contributed by atoms with E-state index >= 15 is 0 Å². The predicted octanol–water partition coefficient (Wildman–Crippen LogP) is 0.535. The Morgan fingerprint density at radius 3 is 3.07 bits per heavy atom. The van der Waals surface area contributed by atoms with E-state index in [2.05, 4.69) is 17.1 Å². The second-order valence-corrected chi connectivity index (χ2v) is 3.91. The summed E-state index contributed by atoms with van der Waals surface area (Å²) in [5, 5.41) is 11.6. The Morgan fingerprint density at radius 2 is 2.43 bits per heavy atom. The Morgan fingerprint density at radius 1 is 1.64 bits per heavy atom. The SMILES string of the molecule is CCCN1CCCC(NCC(=O)O)C1. The quantitative estimate of drug-likeness (QED) is 0.680. The second-order valence-electron chi connectivity index (χ2n) is 3.91. The average molecular weight is 200 g/mol. The van der Waals surface area contributed by atoms with Crippen molar-refractivity contribution in [1.82, 2.24) is 10.2 Å². The van der Waals surface area contributed by atoms with E-state index in [1.165, 1.54) is 19.4 Å². The van der Waals surface area contributed by atoms with Crippen LogP contribution in [-0.2, 0) is 4.79 Å². The fourth-order valence-electron chi connectivity index (χ4n) is 1.97. The number of carboxylic acid groups (broad SMARTS) is 1. The van der Waals surface area contributed by atoms with Gasteiger partial charge in [0.2, 0.25) is 0 Å². The smallest absolute Gasteiger partial charge is 0.317 e. The summed E-state index contributed by atoms with van der Waals surface area (Å²) in [6, 6.07) is 0.367. The zero-order valence-corrected chi connectivity index (χ0v) is 8.83. The first kappa shape index (κ1) is 11.5. The first-order valence-electron chi connectivity index (χ1n) is 5.40. The molecule has 1 atom stereocenters. The summed E-state index contributed by atoms with van der Waals surface area (Å²) < 4.78 is 0. The van der Waals surface area contributed by atoms with Crippen molar-refractivity contribution in [3.8, 4) is 0 Å². The lowest BCUT2D eigenvalue weighted by Crippen LogP contribution is -2.47. The van der Waals surface area contributed by atoms with Crippen molar-refractivity contribution in [3.63, 3.8) is 0 Å². The lowest BCUT2D eigenvalue weighted by Gasteiger charge is -2.32. The van der Waals surface area contributed by atoms with Gasteiger partial charge in [-0.3, -0.25) is 4.79 Å². The Hall–Kier alpha value is -0.610. The van der Waals surface area contributed by atoms with Crippen LogP contribution in [0, 0.1) is 0 Å². The number of rotatable bonds is 5. The van der Waals surface area contributed by atoms with Gasteiger partial charge in [-0.2, -0.15) is 0 Å². The van der Waals surface area contributed by atoms with Crippen LogP contribution in [0.15, 0.2) is 0 Å². The number of hydrogen-bond donors (Lipinski definition) is 2. The molecule has 82 valence electrons. The summed E-state index contributed by atoms with van der Waals surface area (Å²) in [5.74, 6) is -0.766. The molecule has 0 aliphatic carbocycles. The molecule has 0 aromatic carbocycles. The number of carboxylic acids is 1. The van der Waals surface area contributed by atoms with Crippen LogP contribution in [0.2, 0.25) is 0 Å². The van der Waals surface area contributed by atoms with Crippen molar-refractivity contribution in [3.05, 3.63) is 0 Å². The molecule has 1 aliphatic rings. The summed E-state index contributed by atoms with van der Waals surface area (Å²) in [5.41, 5.74) is 0. The van der Waals surface area contributed by atoms with Crippen LogP contribution in [-0.4, -0.2) is 48.2 Å². The molecular formula is C10H20N2O2. The lowest BCUT2D eigenvalue weighted by molar-refractivity contribution is -0.136. The van der Waals surface area contributed by atoms with Crippen LogP contribution in [0.3, 0.4) is 0 Å². The highest BCUT2D eigenvalue weighted by molar-refractivity contribution is 5.69. The summed E-state index contributed by atoms with van der Waals surface area (Å²) >= 11 is 0. The van der Waals surface area contributed by atoms with Crippen molar-refractivity contribution >= 4 is 5.97 Å². The molecule has 1 unspecified atom stereocenters. The average Bonchev–Trinajstić information content (AvgIpc) is 2.16. The van der Waals surface area contributed by atoms with Crippen LogP contribution in [0.1, 0.15) is 26.2 Å². The lowest BCUT2D eigenvalue weighted by atomic mass is 10.1. The van der Waals surface area contributed by atoms with Crippen molar-refractivity contribution in [2.75, 3.05) is 26.2 Å². The number of nitrogens with one attached hydrogen (secondary N) is 1. The monoisotopic (exact) mass is 200 g/mol. The highest BCUT2D eigenvalue weighted by Gasteiger charge is 2.18. The van der Waals surface area contributed by atoms with Gasteiger partial charge in [-0.1, -0.05) is 6.92 Å². The van der Waals surface area contributed by atoms with Crippen molar-refractivity contribution in [1.29, 1.82) is 0 Å². The van der Waals surface area contributed by atoms with E-state index in [1.807, 2.05) is 0 Å². The molecule has 1 aliphatic heterocycles. The van der Waals surface area contributed by atoms with Gasteiger partial charge in [0.15, 0.2) is 0 Å². The van der Waals surface area contributed by atoms with Gasteiger partial charge in [0.25, 0.3) is 0 Å². The molecule has 0 bridgehead atoms. The fourth-order valence-corrected chi connectivity index (χ4v) is 1.97. The zero-order chi connectivity index (χ0) is 10.4. The number of nitrogens with zero attached hydrogens (tertiary/aromatic N) is 1. The normalized spacial score (nSPS) is 23.6. The summed E-state index contributed by atoms with van der Waals surface area (Å²) in [6.45, 7) is 5.56. The van der Waals surface area contributed by atoms with Crippen molar-refractivity contribution < 1.29 is 9.90 Å². The molecule has 0 aromatic rings. The maximum Gasteiger partial charge on any atom is 0.317 e.